The summed E-state index contributed by atoms with van der Waals surface area (Å²) < 4.78 is 41.4. The zero-order valence-corrected chi connectivity index (χ0v) is 16.7. The molecular formula is C21H25FN2O3S. The third-order valence-electron chi connectivity index (χ3n) is 4.98. The molecule has 0 aromatic heterocycles. The highest BCUT2D eigenvalue weighted by molar-refractivity contribution is 7.89. The zero-order valence-electron chi connectivity index (χ0n) is 15.9. The van der Waals surface area contributed by atoms with Gasteiger partial charge in [0.1, 0.15) is 5.82 Å². The van der Waals surface area contributed by atoms with Crippen LogP contribution in [0.5, 0.6) is 0 Å². The number of hydrogen-bond donors (Lipinski definition) is 1. The van der Waals surface area contributed by atoms with Crippen LogP contribution in [0, 0.1) is 11.7 Å². The summed E-state index contributed by atoms with van der Waals surface area (Å²) in [6, 6.07) is 13.0. The molecule has 1 amide bonds. The summed E-state index contributed by atoms with van der Waals surface area (Å²) in [5, 5.41) is 2.67. The molecule has 7 heteroatoms. The fraction of sp³-hybridized carbons (Fsp3) is 0.381. The molecule has 28 heavy (non-hydrogen) atoms. The highest BCUT2D eigenvalue weighted by atomic mass is 32.2. The zero-order chi connectivity index (χ0) is 20.1. The van der Waals surface area contributed by atoms with Crippen molar-refractivity contribution in [1.29, 1.82) is 0 Å². The molecule has 1 atom stereocenters. The lowest BCUT2D eigenvalue weighted by atomic mass is 10.0. The first-order valence-corrected chi connectivity index (χ1v) is 10.9. The van der Waals surface area contributed by atoms with Crippen molar-refractivity contribution >= 4 is 15.9 Å². The molecule has 0 aliphatic carbocycles. The van der Waals surface area contributed by atoms with Gasteiger partial charge in [-0.1, -0.05) is 37.3 Å². The van der Waals surface area contributed by atoms with E-state index in [1.54, 1.807) is 0 Å². The predicted molar refractivity (Wildman–Crippen MR) is 106 cm³/mol. The Morgan fingerprint density at radius 1 is 1.21 bits per heavy atom. The van der Waals surface area contributed by atoms with Gasteiger partial charge in [0.2, 0.25) is 10.0 Å². The van der Waals surface area contributed by atoms with Gasteiger partial charge in [-0.25, -0.2) is 12.8 Å². The number of benzene rings is 2. The standard InChI is InChI=1S/C21H25FN2O3S/c1-16-6-5-13-24(15-16)28(26,27)18-9-10-20(22)19(14-18)21(25)23-12-11-17-7-3-2-4-8-17/h2-4,7-10,14,16H,5-6,11-13,15H2,1H3,(H,23,25). The van der Waals surface area contributed by atoms with Crippen molar-refractivity contribution in [2.24, 2.45) is 5.92 Å². The molecule has 1 N–H and O–H groups in total. The van der Waals surface area contributed by atoms with Crippen LogP contribution in [0.4, 0.5) is 4.39 Å². The van der Waals surface area contributed by atoms with Gasteiger partial charge in [0.25, 0.3) is 5.91 Å². The van der Waals surface area contributed by atoms with Gasteiger partial charge in [0.05, 0.1) is 10.5 Å². The number of carbonyl (C=O) groups is 1. The second-order valence-electron chi connectivity index (χ2n) is 7.24. The van der Waals surface area contributed by atoms with Crippen LogP contribution >= 0.6 is 0 Å². The van der Waals surface area contributed by atoms with Gasteiger partial charge in [0, 0.05) is 19.6 Å². The van der Waals surface area contributed by atoms with Gasteiger partial charge in [-0.3, -0.25) is 4.79 Å². The largest absolute Gasteiger partial charge is 0.352 e. The number of carbonyl (C=O) groups excluding carboxylic acids is 1. The van der Waals surface area contributed by atoms with Crippen LogP contribution in [0.1, 0.15) is 35.7 Å². The number of hydrogen-bond acceptors (Lipinski definition) is 3. The van der Waals surface area contributed by atoms with Crippen molar-refractivity contribution < 1.29 is 17.6 Å². The maximum Gasteiger partial charge on any atom is 0.254 e. The van der Waals surface area contributed by atoms with Crippen molar-refractivity contribution in [3.63, 3.8) is 0 Å². The molecule has 0 bridgehead atoms. The molecule has 1 aliphatic rings. The third kappa shape index (κ3) is 4.77. The van der Waals surface area contributed by atoms with Crippen LogP contribution in [0.25, 0.3) is 0 Å². The summed E-state index contributed by atoms with van der Waals surface area (Å²) in [6.45, 7) is 3.24. The van der Waals surface area contributed by atoms with E-state index >= 15 is 0 Å². The highest BCUT2D eigenvalue weighted by Gasteiger charge is 2.29. The molecule has 0 saturated carbocycles. The third-order valence-corrected chi connectivity index (χ3v) is 6.84. The lowest BCUT2D eigenvalue weighted by Crippen LogP contribution is -2.39. The minimum absolute atomic E-state index is 0.0452. The molecule has 1 heterocycles. The molecule has 2 aromatic carbocycles. The topological polar surface area (TPSA) is 66.5 Å². The Kier molecular flexibility index (Phi) is 6.46. The Morgan fingerprint density at radius 2 is 1.96 bits per heavy atom. The molecule has 150 valence electrons. The van der Waals surface area contributed by atoms with Crippen molar-refractivity contribution in [1.82, 2.24) is 9.62 Å². The van der Waals surface area contributed by atoms with Crippen molar-refractivity contribution in [2.75, 3.05) is 19.6 Å². The minimum Gasteiger partial charge on any atom is -0.352 e. The normalized spacial score (nSPS) is 18.0. The van der Waals surface area contributed by atoms with Crippen molar-refractivity contribution in [3.05, 3.63) is 65.5 Å². The Morgan fingerprint density at radius 3 is 2.68 bits per heavy atom. The van der Waals surface area contributed by atoms with E-state index in [1.807, 2.05) is 37.3 Å². The van der Waals surface area contributed by atoms with E-state index in [4.69, 9.17) is 0 Å². The molecule has 1 unspecified atom stereocenters. The van der Waals surface area contributed by atoms with Crippen molar-refractivity contribution in [3.8, 4) is 0 Å². The molecule has 0 radical (unpaired) electrons. The summed E-state index contributed by atoms with van der Waals surface area (Å²) in [5.41, 5.74) is 0.804. The maximum atomic E-state index is 14.2. The molecule has 0 spiro atoms. The Balaban J connectivity index is 1.72. The van der Waals surface area contributed by atoms with Crippen LogP contribution in [0.2, 0.25) is 0 Å². The molecular weight excluding hydrogens is 379 g/mol. The smallest absolute Gasteiger partial charge is 0.254 e. The number of amides is 1. The lowest BCUT2D eigenvalue weighted by Gasteiger charge is -2.30. The Hall–Kier alpha value is -2.25. The quantitative estimate of drug-likeness (QED) is 0.804. The summed E-state index contributed by atoms with van der Waals surface area (Å²) in [6.07, 6.45) is 2.40. The van der Waals surface area contributed by atoms with E-state index in [0.717, 1.165) is 30.5 Å². The van der Waals surface area contributed by atoms with Gasteiger partial charge in [-0.05, 0) is 48.9 Å². The molecule has 1 fully saturated rings. The predicted octanol–water partition coefficient (Wildman–Crippen LogP) is 3.22. The van der Waals surface area contributed by atoms with E-state index in [1.165, 1.54) is 10.4 Å². The van der Waals surface area contributed by atoms with Gasteiger partial charge in [-0.15, -0.1) is 0 Å². The number of nitrogens with zero attached hydrogens (tertiary/aromatic N) is 1. The number of sulfonamides is 1. The number of nitrogens with one attached hydrogen (secondary N) is 1. The van der Waals surface area contributed by atoms with E-state index < -0.39 is 21.7 Å². The monoisotopic (exact) mass is 404 g/mol. The first-order chi connectivity index (χ1) is 13.4. The van der Waals surface area contributed by atoms with E-state index in [2.05, 4.69) is 5.32 Å². The first kappa shape index (κ1) is 20.5. The number of halogens is 1. The first-order valence-electron chi connectivity index (χ1n) is 9.50. The SMILES string of the molecule is CC1CCCN(S(=O)(=O)c2ccc(F)c(C(=O)NCCc3ccccc3)c2)C1. The second kappa shape index (κ2) is 8.84. The second-order valence-corrected chi connectivity index (χ2v) is 9.18. The molecule has 3 rings (SSSR count). The molecule has 2 aromatic rings. The van der Waals surface area contributed by atoms with Crippen LogP contribution in [-0.4, -0.2) is 38.3 Å². The van der Waals surface area contributed by atoms with E-state index in [9.17, 15) is 17.6 Å². The van der Waals surface area contributed by atoms with Crippen molar-refractivity contribution in [2.45, 2.75) is 31.1 Å². The van der Waals surface area contributed by atoms with Crippen LogP contribution < -0.4 is 5.32 Å². The summed E-state index contributed by atoms with van der Waals surface area (Å²) in [7, 11) is -3.74. The summed E-state index contributed by atoms with van der Waals surface area (Å²) >= 11 is 0. The Labute approximate surface area is 165 Å². The molecule has 1 saturated heterocycles. The summed E-state index contributed by atoms with van der Waals surface area (Å²) in [4.78, 5) is 12.4. The number of piperidine rings is 1. The van der Waals surface area contributed by atoms with Gasteiger partial charge in [0.15, 0.2) is 0 Å². The fourth-order valence-electron chi connectivity index (χ4n) is 3.41. The lowest BCUT2D eigenvalue weighted by molar-refractivity contribution is 0.0950. The fourth-order valence-corrected chi connectivity index (χ4v) is 5.04. The molecule has 5 nitrogen and oxygen atoms in total. The van der Waals surface area contributed by atoms with Crippen LogP contribution in [-0.2, 0) is 16.4 Å². The Bertz CT molecular complexity index is 932. The molecule has 1 aliphatic heterocycles. The van der Waals surface area contributed by atoms with Crippen LogP contribution in [0.15, 0.2) is 53.4 Å². The average molecular weight is 405 g/mol. The highest BCUT2D eigenvalue weighted by Crippen LogP contribution is 2.24. The van der Waals surface area contributed by atoms with E-state index in [0.29, 0.717) is 26.1 Å². The maximum absolute atomic E-state index is 14.2. The van der Waals surface area contributed by atoms with Gasteiger partial charge in [-0.2, -0.15) is 4.31 Å². The average Bonchev–Trinajstić information content (AvgIpc) is 2.69. The number of rotatable bonds is 6. The van der Waals surface area contributed by atoms with Crippen LogP contribution in [0.3, 0.4) is 0 Å². The minimum atomic E-state index is -3.74. The summed E-state index contributed by atoms with van der Waals surface area (Å²) in [5.74, 6) is -1.06. The van der Waals surface area contributed by atoms with Gasteiger partial charge < -0.3 is 5.32 Å². The van der Waals surface area contributed by atoms with Gasteiger partial charge >= 0.3 is 0 Å². The van der Waals surface area contributed by atoms with E-state index in [-0.39, 0.29) is 16.4 Å².